The molecule has 0 bridgehead atoms. The summed E-state index contributed by atoms with van der Waals surface area (Å²) in [5.41, 5.74) is 0.230. The van der Waals surface area contributed by atoms with Crippen LogP contribution in [0.4, 0.5) is 5.82 Å². The monoisotopic (exact) mass is 270 g/mol. The Bertz CT molecular complexity index is 879. The molecular weight excluding hydrogens is 260 g/mol. The van der Waals surface area contributed by atoms with E-state index in [1.165, 1.54) is 27.7 Å². The fourth-order valence-corrected chi connectivity index (χ4v) is 2.17. The van der Waals surface area contributed by atoms with Crippen molar-refractivity contribution in [2.45, 2.75) is 6.92 Å². The van der Waals surface area contributed by atoms with Crippen LogP contribution in [-0.2, 0) is 0 Å². The summed E-state index contributed by atoms with van der Waals surface area (Å²) in [6.07, 6.45) is 1.46. The molecule has 0 saturated carbocycles. The summed E-state index contributed by atoms with van der Waals surface area (Å²) in [5, 5.41) is 11.4. The summed E-state index contributed by atoms with van der Waals surface area (Å²) in [5.74, 6) is 0.195. The number of nitrogens with zero attached hydrogens (tertiary/aromatic N) is 4. The van der Waals surface area contributed by atoms with Crippen molar-refractivity contribution in [3.63, 3.8) is 0 Å². The third-order valence-corrected chi connectivity index (χ3v) is 3.03. The minimum atomic E-state index is -0.541. The molecule has 0 amide bonds. The molecule has 7 nitrogen and oxygen atoms in total. The van der Waals surface area contributed by atoms with Gasteiger partial charge in [0.05, 0.1) is 10.9 Å². The van der Waals surface area contributed by atoms with E-state index in [9.17, 15) is 14.9 Å². The predicted molar refractivity (Wildman–Crippen MR) is 72.6 cm³/mol. The largest absolute Gasteiger partial charge is 0.358 e. The van der Waals surface area contributed by atoms with Crippen molar-refractivity contribution < 1.29 is 4.92 Å². The molecule has 0 N–H and O–H groups in total. The first kappa shape index (κ1) is 12.1. The van der Waals surface area contributed by atoms with Gasteiger partial charge in [-0.2, -0.15) is 0 Å². The smallest absolute Gasteiger partial charge is 0.346 e. The number of hydrogen-bond acceptors (Lipinski definition) is 4. The lowest BCUT2D eigenvalue weighted by atomic mass is 10.2. The maximum atomic E-state index is 12.5. The Labute approximate surface area is 112 Å². The van der Waals surface area contributed by atoms with Crippen molar-refractivity contribution in [1.82, 2.24) is 14.3 Å². The van der Waals surface area contributed by atoms with Gasteiger partial charge in [0, 0.05) is 6.07 Å². The highest BCUT2D eigenvalue weighted by Gasteiger charge is 2.18. The number of para-hydroxylation sites is 1. The number of hydrogen-bond donors (Lipinski definition) is 0. The van der Waals surface area contributed by atoms with E-state index in [1.54, 1.807) is 31.2 Å². The minimum Gasteiger partial charge on any atom is -0.358 e. The number of rotatable bonds is 2. The average molecular weight is 270 g/mol. The Balaban J connectivity index is 2.40. The van der Waals surface area contributed by atoms with Crippen LogP contribution >= 0.6 is 0 Å². The highest BCUT2D eigenvalue weighted by Crippen LogP contribution is 2.14. The molecule has 0 aliphatic carbocycles. The fraction of sp³-hybridized carbons (Fsp3) is 0.0769. The summed E-state index contributed by atoms with van der Waals surface area (Å²) >= 11 is 0. The first-order valence-electron chi connectivity index (χ1n) is 5.90. The van der Waals surface area contributed by atoms with E-state index < -0.39 is 4.92 Å². The number of nitro groups is 1. The van der Waals surface area contributed by atoms with Crippen LogP contribution in [0.3, 0.4) is 0 Å². The molecule has 0 aliphatic heterocycles. The van der Waals surface area contributed by atoms with E-state index in [4.69, 9.17) is 0 Å². The number of aromatic nitrogens is 3. The van der Waals surface area contributed by atoms with Crippen LogP contribution < -0.4 is 5.56 Å². The van der Waals surface area contributed by atoms with Gasteiger partial charge in [0.15, 0.2) is 5.82 Å². The Morgan fingerprint density at radius 1 is 1.20 bits per heavy atom. The quantitative estimate of drug-likeness (QED) is 0.524. The van der Waals surface area contributed by atoms with Gasteiger partial charge < -0.3 is 10.1 Å². The van der Waals surface area contributed by atoms with E-state index >= 15 is 0 Å². The Kier molecular flexibility index (Phi) is 2.60. The topological polar surface area (TPSA) is 83.0 Å². The van der Waals surface area contributed by atoms with E-state index in [2.05, 4.69) is 4.98 Å². The molecule has 0 saturated heterocycles. The lowest BCUT2D eigenvalue weighted by Gasteiger charge is -2.08. The van der Waals surface area contributed by atoms with E-state index in [1.807, 2.05) is 0 Å². The predicted octanol–water partition coefficient (Wildman–Crippen LogP) is 1.73. The van der Waals surface area contributed by atoms with Crippen molar-refractivity contribution >= 4 is 16.7 Å². The molecule has 0 fully saturated rings. The van der Waals surface area contributed by atoms with Gasteiger partial charge in [-0.3, -0.25) is 4.79 Å². The molecule has 3 aromatic rings. The SMILES string of the molecule is Cc1nc2ccccc2c(=O)n1-n1cccc1[N+](=O)[O-]. The van der Waals surface area contributed by atoms with Gasteiger partial charge in [-0.05, 0) is 30.0 Å². The molecule has 3 rings (SSSR count). The highest BCUT2D eigenvalue weighted by molar-refractivity contribution is 5.77. The lowest BCUT2D eigenvalue weighted by molar-refractivity contribution is -0.392. The van der Waals surface area contributed by atoms with Crippen LogP contribution in [0.25, 0.3) is 10.9 Å². The molecule has 0 spiro atoms. The van der Waals surface area contributed by atoms with Gasteiger partial charge in [0.2, 0.25) is 0 Å². The summed E-state index contributed by atoms with van der Waals surface area (Å²) in [6.45, 7) is 1.64. The van der Waals surface area contributed by atoms with Gasteiger partial charge in [0.1, 0.15) is 6.20 Å². The maximum Gasteiger partial charge on any atom is 0.346 e. The molecule has 0 unspecified atom stereocenters. The van der Waals surface area contributed by atoms with Gasteiger partial charge >= 0.3 is 5.82 Å². The number of fused-ring (bicyclic) bond motifs is 1. The van der Waals surface area contributed by atoms with E-state index in [-0.39, 0.29) is 11.4 Å². The first-order valence-corrected chi connectivity index (χ1v) is 5.90. The van der Waals surface area contributed by atoms with Crippen molar-refractivity contribution in [3.8, 4) is 0 Å². The van der Waals surface area contributed by atoms with Crippen molar-refractivity contribution in [1.29, 1.82) is 0 Å². The van der Waals surface area contributed by atoms with Gasteiger partial charge in [-0.1, -0.05) is 12.1 Å². The minimum absolute atomic E-state index is 0.188. The third-order valence-electron chi connectivity index (χ3n) is 3.03. The summed E-state index contributed by atoms with van der Waals surface area (Å²) in [4.78, 5) is 27.3. The highest BCUT2D eigenvalue weighted by atomic mass is 16.6. The van der Waals surface area contributed by atoms with Crippen LogP contribution in [0.1, 0.15) is 5.82 Å². The molecule has 2 aromatic heterocycles. The van der Waals surface area contributed by atoms with Crippen LogP contribution in [-0.4, -0.2) is 19.3 Å². The molecule has 0 radical (unpaired) electrons. The van der Waals surface area contributed by atoms with Gasteiger partial charge in [-0.15, -0.1) is 9.35 Å². The Hall–Kier alpha value is -2.96. The summed E-state index contributed by atoms with van der Waals surface area (Å²) in [7, 11) is 0. The van der Waals surface area contributed by atoms with Crippen molar-refractivity contribution in [3.05, 3.63) is 68.9 Å². The molecule has 1 aromatic carbocycles. The van der Waals surface area contributed by atoms with Crippen LogP contribution in [0.5, 0.6) is 0 Å². The third kappa shape index (κ3) is 1.68. The molecule has 7 heteroatoms. The molecule has 2 heterocycles. The second kappa shape index (κ2) is 4.30. The zero-order valence-electron chi connectivity index (χ0n) is 10.6. The molecule has 0 atom stereocenters. The molecule has 20 heavy (non-hydrogen) atoms. The standard InChI is InChI=1S/C13H10N4O3/c1-9-14-11-6-3-2-5-10(11)13(18)16(9)15-8-4-7-12(15)17(19)20/h2-8H,1H3. The Morgan fingerprint density at radius 2 is 1.95 bits per heavy atom. The second-order valence-corrected chi connectivity index (χ2v) is 4.26. The number of aryl methyl sites for hydroxylation is 1. The fourth-order valence-electron chi connectivity index (χ4n) is 2.17. The molecule has 0 aliphatic rings. The Morgan fingerprint density at radius 3 is 2.70 bits per heavy atom. The van der Waals surface area contributed by atoms with Crippen LogP contribution in [0.15, 0.2) is 47.4 Å². The molecular formula is C13H10N4O3. The van der Waals surface area contributed by atoms with Crippen LogP contribution in [0, 0.1) is 17.0 Å². The number of benzene rings is 1. The van der Waals surface area contributed by atoms with Crippen molar-refractivity contribution in [2.75, 3.05) is 0 Å². The maximum absolute atomic E-state index is 12.5. The lowest BCUT2D eigenvalue weighted by Crippen LogP contribution is -2.29. The van der Waals surface area contributed by atoms with Gasteiger partial charge in [0.25, 0.3) is 5.56 Å². The van der Waals surface area contributed by atoms with E-state index in [0.717, 1.165) is 0 Å². The molecule has 100 valence electrons. The average Bonchev–Trinajstić information content (AvgIpc) is 2.88. The van der Waals surface area contributed by atoms with Gasteiger partial charge in [-0.25, -0.2) is 4.98 Å². The summed E-state index contributed by atoms with van der Waals surface area (Å²) in [6, 6.07) is 9.75. The second-order valence-electron chi connectivity index (χ2n) is 4.26. The van der Waals surface area contributed by atoms with Crippen LogP contribution in [0.2, 0.25) is 0 Å². The first-order chi connectivity index (χ1) is 9.59. The zero-order chi connectivity index (χ0) is 14.3. The zero-order valence-corrected chi connectivity index (χ0v) is 10.6. The van der Waals surface area contributed by atoms with E-state index in [0.29, 0.717) is 16.7 Å². The van der Waals surface area contributed by atoms with Crippen molar-refractivity contribution in [2.24, 2.45) is 0 Å². The normalized spacial score (nSPS) is 10.8. The summed E-state index contributed by atoms with van der Waals surface area (Å²) < 4.78 is 2.39.